The monoisotopic (exact) mass is 377 g/mol. The molecule has 1 fully saturated rings. The van der Waals surface area contributed by atoms with E-state index in [2.05, 4.69) is 15.4 Å². The molecule has 0 spiro atoms. The zero-order valence-corrected chi connectivity index (χ0v) is 15.4. The van der Waals surface area contributed by atoms with Crippen LogP contribution in [-0.2, 0) is 19.6 Å². The van der Waals surface area contributed by atoms with Crippen LogP contribution in [0, 0.1) is 0 Å². The van der Waals surface area contributed by atoms with Crippen molar-refractivity contribution in [2.45, 2.75) is 37.2 Å². The van der Waals surface area contributed by atoms with Crippen molar-refractivity contribution in [2.75, 3.05) is 25.1 Å². The molecule has 1 aliphatic rings. The summed E-state index contributed by atoms with van der Waals surface area (Å²) in [6, 6.07) is 5.95. The third kappa shape index (κ3) is 6.37. The first-order chi connectivity index (χ1) is 10.9. The van der Waals surface area contributed by atoms with E-state index in [1.165, 1.54) is 12.1 Å². The maximum Gasteiger partial charge on any atom is 0.240 e. The number of anilines is 1. The first-order valence-corrected chi connectivity index (χ1v) is 9.08. The van der Waals surface area contributed by atoms with Gasteiger partial charge in [-0.05, 0) is 38.1 Å². The summed E-state index contributed by atoms with van der Waals surface area (Å²) in [6.45, 7) is 5.45. The Morgan fingerprint density at radius 3 is 2.54 bits per heavy atom. The van der Waals surface area contributed by atoms with Gasteiger partial charge in [0, 0.05) is 30.7 Å². The predicted octanol–water partition coefficient (Wildman–Crippen LogP) is 1.11. The second-order valence-electron chi connectivity index (χ2n) is 5.78. The molecular weight excluding hydrogens is 354 g/mol. The standard InChI is InChI=1S/C15H23N3O4S.ClH/c1-11(2)18-23(20,21)14-5-3-12(4-6-14)17-15(19)9-13-10-22-8-7-16-13;/h3-6,11,13,16,18H,7-10H2,1-2H3,(H,17,19);1H. The number of carbonyl (C=O) groups excluding carboxylic acids is 1. The molecule has 1 saturated heterocycles. The number of carbonyl (C=O) groups is 1. The molecule has 1 amide bonds. The Morgan fingerprint density at radius 1 is 1.33 bits per heavy atom. The van der Waals surface area contributed by atoms with Gasteiger partial charge < -0.3 is 15.4 Å². The molecule has 7 nitrogen and oxygen atoms in total. The molecule has 0 aliphatic carbocycles. The molecule has 1 heterocycles. The third-order valence-corrected chi connectivity index (χ3v) is 4.94. The zero-order chi connectivity index (χ0) is 16.9. The van der Waals surface area contributed by atoms with E-state index in [1.807, 2.05) is 0 Å². The number of morpholine rings is 1. The van der Waals surface area contributed by atoms with Crippen molar-refractivity contribution in [1.82, 2.24) is 10.0 Å². The van der Waals surface area contributed by atoms with Gasteiger partial charge in [0.05, 0.1) is 18.1 Å². The van der Waals surface area contributed by atoms with Crippen LogP contribution in [0.25, 0.3) is 0 Å². The summed E-state index contributed by atoms with van der Waals surface area (Å²) in [7, 11) is -3.52. The smallest absolute Gasteiger partial charge is 0.240 e. The summed E-state index contributed by atoms with van der Waals surface area (Å²) < 4.78 is 31.9. The lowest BCUT2D eigenvalue weighted by Gasteiger charge is -2.23. The molecule has 2 rings (SSSR count). The lowest BCUT2D eigenvalue weighted by molar-refractivity contribution is -0.117. The van der Waals surface area contributed by atoms with Gasteiger partial charge in [0.25, 0.3) is 0 Å². The van der Waals surface area contributed by atoms with Gasteiger partial charge in [0.2, 0.25) is 15.9 Å². The third-order valence-electron chi connectivity index (χ3n) is 3.27. The Balaban J connectivity index is 0.00000288. The molecule has 0 saturated carbocycles. The summed E-state index contributed by atoms with van der Waals surface area (Å²) >= 11 is 0. The van der Waals surface area contributed by atoms with Crippen molar-refractivity contribution < 1.29 is 17.9 Å². The summed E-state index contributed by atoms with van der Waals surface area (Å²) in [6.07, 6.45) is 0.314. The number of ether oxygens (including phenoxy) is 1. The normalized spacial score (nSPS) is 18.0. The summed E-state index contributed by atoms with van der Waals surface area (Å²) in [5.74, 6) is -0.135. The maximum atomic E-state index is 12.0. The van der Waals surface area contributed by atoms with Gasteiger partial charge >= 0.3 is 0 Å². The van der Waals surface area contributed by atoms with E-state index in [-0.39, 0.29) is 35.3 Å². The Kier molecular flexibility index (Phi) is 8.11. The van der Waals surface area contributed by atoms with Gasteiger partial charge in [-0.15, -0.1) is 12.4 Å². The second-order valence-corrected chi connectivity index (χ2v) is 7.49. The van der Waals surface area contributed by atoms with Crippen LogP contribution in [0.2, 0.25) is 0 Å². The summed E-state index contributed by atoms with van der Waals surface area (Å²) in [5.41, 5.74) is 0.565. The molecule has 136 valence electrons. The fourth-order valence-electron chi connectivity index (χ4n) is 2.28. The highest BCUT2D eigenvalue weighted by molar-refractivity contribution is 7.89. The number of hydrogen-bond acceptors (Lipinski definition) is 5. The summed E-state index contributed by atoms with van der Waals surface area (Å²) in [5, 5.41) is 5.97. The minimum absolute atomic E-state index is 0. The molecule has 9 heteroatoms. The molecule has 1 unspecified atom stereocenters. The second kappa shape index (κ2) is 9.33. The molecule has 1 aromatic rings. The van der Waals surface area contributed by atoms with Crippen molar-refractivity contribution in [3.8, 4) is 0 Å². The summed E-state index contributed by atoms with van der Waals surface area (Å²) in [4.78, 5) is 12.1. The first-order valence-electron chi connectivity index (χ1n) is 7.60. The molecule has 0 radical (unpaired) electrons. The highest BCUT2D eigenvalue weighted by Gasteiger charge is 2.18. The van der Waals surface area contributed by atoms with Gasteiger partial charge in [-0.1, -0.05) is 0 Å². The lowest BCUT2D eigenvalue weighted by atomic mass is 10.2. The quantitative estimate of drug-likeness (QED) is 0.690. The van der Waals surface area contributed by atoms with E-state index in [4.69, 9.17) is 4.74 Å². The Bertz CT molecular complexity index is 629. The molecule has 3 N–H and O–H groups in total. The number of halogens is 1. The number of hydrogen-bond donors (Lipinski definition) is 3. The van der Waals surface area contributed by atoms with Crippen molar-refractivity contribution in [3.63, 3.8) is 0 Å². The first kappa shape index (κ1) is 20.9. The SMILES string of the molecule is CC(C)NS(=O)(=O)c1ccc(NC(=O)CC2COCCN2)cc1.Cl. The maximum absolute atomic E-state index is 12.0. The fraction of sp³-hybridized carbons (Fsp3) is 0.533. The minimum atomic E-state index is -3.52. The van der Waals surface area contributed by atoms with Crippen LogP contribution in [0.3, 0.4) is 0 Å². The van der Waals surface area contributed by atoms with Crippen molar-refractivity contribution in [1.29, 1.82) is 0 Å². The predicted molar refractivity (Wildman–Crippen MR) is 95.0 cm³/mol. The molecular formula is C15H24ClN3O4S. The van der Waals surface area contributed by atoms with Crippen LogP contribution >= 0.6 is 12.4 Å². The van der Waals surface area contributed by atoms with Crippen molar-refractivity contribution in [2.24, 2.45) is 0 Å². The van der Waals surface area contributed by atoms with E-state index in [1.54, 1.807) is 26.0 Å². The van der Waals surface area contributed by atoms with E-state index >= 15 is 0 Å². The van der Waals surface area contributed by atoms with Gasteiger partial charge in [-0.25, -0.2) is 13.1 Å². The number of nitrogens with one attached hydrogen (secondary N) is 3. The topological polar surface area (TPSA) is 96.5 Å². The number of sulfonamides is 1. The van der Waals surface area contributed by atoms with Gasteiger partial charge in [-0.2, -0.15) is 0 Å². The van der Waals surface area contributed by atoms with E-state index < -0.39 is 10.0 Å². The molecule has 24 heavy (non-hydrogen) atoms. The minimum Gasteiger partial charge on any atom is -0.378 e. The van der Waals surface area contributed by atoms with Crippen LogP contribution in [0.15, 0.2) is 29.2 Å². The molecule has 0 bridgehead atoms. The van der Waals surface area contributed by atoms with E-state index in [0.717, 1.165) is 6.54 Å². The van der Waals surface area contributed by atoms with Crippen molar-refractivity contribution >= 4 is 34.0 Å². The number of benzene rings is 1. The van der Waals surface area contributed by atoms with Crippen LogP contribution in [-0.4, -0.2) is 46.2 Å². The highest BCUT2D eigenvalue weighted by Crippen LogP contribution is 2.15. The lowest BCUT2D eigenvalue weighted by Crippen LogP contribution is -2.43. The van der Waals surface area contributed by atoms with Crippen LogP contribution < -0.4 is 15.4 Å². The molecule has 1 aliphatic heterocycles. The van der Waals surface area contributed by atoms with Gasteiger partial charge in [0.15, 0.2) is 0 Å². The Labute approximate surface area is 149 Å². The highest BCUT2D eigenvalue weighted by atomic mass is 35.5. The van der Waals surface area contributed by atoms with E-state index in [9.17, 15) is 13.2 Å². The van der Waals surface area contributed by atoms with Crippen LogP contribution in [0.4, 0.5) is 5.69 Å². The molecule has 1 atom stereocenters. The van der Waals surface area contributed by atoms with E-state index in [0.29, 0.717) is 25.3 Å². The molecule has 0 aromatic heterocycles. The fourth-order valence-corrected chi connectivity index (χ4v) is 3.53. The van der Waals surface area contributed by atoms with Crippen LogP contribution in [0.1, 0.15) is 20.3 Å². The zero-order valence-electron chi connectivity index (χ0n) is 13.7. The Hall–Kier alpha value is -1.19. The van der Waals surface area contributed by atoms with Gasteiger partial charge in [0.1, 0.15) is 0 Å². The molecule has 1 aromatic carbocycles. The van der Waals surface area contributed by atoms with Crippen LogP contribution in [0.5, 0.6) is 0 Å². The number of rotatable bonds is 6. The van der Waals surface area contributed by atoms with Crippen molar-refractivity contribution in [3.05, 3.63) is 24.3 Å². The average Bonchev–Trinajstić information content (AvgIpc) is 2.47. The Morgan fingerprint density at radius 2 is 2.00 bits per heavy atom. The number of amides is 1. The van der Waals surface area contributed by atoms with Gasteiger partial charge in [-0.3, -0.25) is 4.79 Å². The largest absolute Gasteiger partial charge is 0.378 e. The average molecular weight is 378 g/mol.